The Hall–Kier alpha value is -1.65. The molecule has 0 spiro atoms. The standard InChI is InChI=1S/C12H12O2S.CHF3O3S/c1-15(2)12-6-5-11(14)9-4-3-8(13)7-10(9)12;2-1(3,4)8(5,6)7/h3-7H,1-2H3,(H-,13,14);(H,5,6,7)/p+1. The third kappa shape index (κ3) is 4.91. The zero-order chi connectivity index (χ0) is 18.0. The Morgan fingerprint density at radius 2 is 1.52 bits per heavy atom. The molecule has 0 heterocycles. The molecule has 0 unspecified atom stereocenters. The van der Waals surface area contributed by atoms with Crippen molar-refractivity contribution in [3.05, 3.63) is 30.3 Å². The predicted molar refractivity (Wildman–Crippen MR) is 82.4 cm³/mol. The summed E-state index contributed by atoms with van der Waals surface area (Å²) in [5, 5.41) is 20.9. The molecule has 3 N–H and O–H groups in total. The highest BCUT2D eigenvalue weighted by Gasteiger charge is 2.44. The fourth-order valence-corrected chi connectivity index (χ4v) is 2.60. The van der Waals surface area contributed by atoms with Crippen LogP contribution in [0.2, 0.25) is 0 Å². The number of rotatable bonds is 1. The first-order chi connectivity index (χ1) is 10.3. The quantitative estimate of drug-likeness (QED) is 0.407. The van der Waals surface area contributed by atoms with Gasteiger partial charge in [0.15, 0.2) is 4.90 Å². The lowest BCUT2D eigenvalue weighted by Crippen LogP contribution is -2.21. The maximum Gasteiger partial charge on any atom is 0.522 e. The van der Waals surface area contributed by atoms with Crippen LogP contribution in [0.25, 0.3) is 10.8 Å². The van der Waals surface area contributed by atoms with Gasteiger partial charge in [0.1, 0.15) is 24.0 Å². The summed E-state index contributed by atoms with van der Waals surface area (Å²) in [6.07, 6.45) is 4.24. The minimum Gasteiger partial charge on any atom is -0.508 e. The molecule has 128 valence electrons. The van der Waals surface area contributed by atoms with Crippen LogP contribution < -0.4 is 0 Å². The molecular weight excluding hydrogens is 357 g/mol. The van der Waals surface area contributed by atoms with Crippen LogP contribution in [-0.4, -0.2) is 41.2 Å². The van der Waals surface area contributed by atoms with Gasteiger partial charge in [-0.3, -0.25) is 4.55 Å². The molecule has 0 aliphatic carbocycles. The molecule has 0 radical (unpaired) electrons. The molecule has 0 atom stereocenters. The number of benzene rings is 2. The van der Waals surface area contributed by atoms with Crippen LogP contribution in [0.1, 0.15) is 0 Å². The number of hydrogen-bond acceptors (Lipinski definition) is 4. The second-order valence-electron chi connectivity index (χ2n) is 4.55. The molecule has 0 aliphatic heterocycles. The summed E-state index contributed by atoms with van der Waals surface area (Å²) in [6, 6.07) is 8.67. The van der Waals surface area contributed by atoms with Gasteiger partial charge in [0.2, 0.25) is 0 Å². The van der Waals surface area contributed by atoms with Crippen molar-refractivity contribution in [1.82, 2.24) is 0 Å². The second-order valence-corrected chi connectivity index (χ2v) is 8.04. The topological polar surface area (TPSA) is 94.8 Å². The average molecular weight is 371 g/mol. The first-order valence-electron chi connectivity index (χ1n) is 5.90. The van der Waals surface area contributed by atoms with E-state index in [1.165, 1.54) is 4.90 Å². The lowest BCUT2D eigenvalue weighted by Gasteiger charge is -2.05. The highest BCUT2D eigenvalue weighted by molar-refractivity contribution is 7.95. The van der Waals surface area contributed by atoms with E-state index in [-0.39, 0.29) is 22.4 Å². The van der Waals surface area contributed by atoms with E-state index in [1.54, 1.807) is 24.3 Å². The first kappa shape index (κ1) is 19.4. The highest BCUT2D eigenvalue weighted by atomic mass is 32.2. The Bertz CT molecular complexity index is 801. The van der Waals surface area contributed by atoms with Gasteiger partial charge in [0, 0.05) is 21.7 Å². The maximum atomic E-state index is 10.7. The third-order valence-electron chi connectivity index (χ3n) is 2.67. The van der Waals surface area contributed by atoms with Crippen molar-refractivity contribution >= 4 is 31.8 Å². The molecule has 2 rings (SSSR count). The molecule has 0 aliphatic rings. The van der Waals surface area contributed by atoms with Crippen LogP contribution in [0, 0.1) is 0 Å². The summed E-state index contributed by atoms with van der Waals surface area (Å²) in [7, 11) is -5.73. The Kier molecular flexibility index (Phi) is 5.78. The molecule has 0 saturated carbocycles. The van der Waals surface area contributed by atoms with E-state index < -0.39 is 15.6 Å². The normalized spacial score (nSPS) is 12.1. The molecule has 0 aromatic heterocycles. The van der Waals surface area contributed by atoms with Crippen LogP contribution in [0.4, 0.5) is 13.2 Å². The molecule has 0 bridgehead atoms. The Labute approximate surface area is 133 Å². The molecule has 2 aromatic rings. The Morgan fingerprint density at radius 1 is 1.00 bits per heavy atom. The van der Waals surface area contributed by atoms with E-state index in [0.29, 0.717) is 0 Å². The van der Waals surface area contributed by atoms with Crippen LogP contribution >= 0.6 is 0 Å². The molecule has 23 heavy (non-hydrogen) atoms. The van der Waals surface area contributed by atoms with Crippen LogP contribution in [0.5, 0.6) is 11.5 Å². The minimum absolute atomic E-state index is 0.108. The first-order valence-corrected chi connectivity index (χ1v) is 9.38. The van der Waals surface area contributed by atoms with Crippen molar-refractivity contribution in [2.24, 2.45) is 0 Å². The Morgan fingerprint density at radius 3 is 1.96 bits per heavy atom. The summed E-state index contributed by atoms with van der Waals surface area (Å²) < 4.78 is 57.5. The van der Waals surface area contributed by atoms with Crippen LogP contribution in [0.3, 0.4) is 0 Å². The Balaban J connectivity index is 0.000000284. The van der Waals surface area contributed by atoms with E-state index in [9.17, 15) is 23.4 Å². The second kappa shape index (κ2) is 6.85. The average Bonchev–Trinajstić information content (AvgIpc) is 2.36. The largest absolute Gasteiger partial charge is 0.522 e. The fraction of sp³-hybridized carbons (Fsp3) is 0.231. The van der Waals surface area contributed by atoms with Crippen LogP contribution in [0.15, 0.2) is 35.2 Å². The zero-order valence-corrected chi connectivity index (χ0v) is 13.6. The van der Waals surface area contributed by atoms with E-state index in [2.05, 4.69) is 12.5 Å². The van der Waals surface area contributed by atoms with Crippen LogP contribution in [-0.2, 0) is 21.0 Å². The van der Waals surface area contributed by atoms with Crippen molar-refractivity contribution < 1.29 is 36.4 Å². The summed E-state index contributed by atoms with van der Waals surface area (Å²) in [5.41, 5.74) is -5.53. The molecule has 0 saturated heterocycles. The summed E-state index contributed by atoms with van der Waals surface area (Å²) in [6.45, 7) is 0. The molecule has 5 nitrogen and oxygen atoms in total. The number of fused-ring (bicyclic) bond motifs is 1. The minimum atomic E-state index is -5.84. The van der Waals surface area contributed by atoms with Gasteiger partial charge in [-0.25, -0.2) is 0 Å². The summed E-state index contributed by atoms with van der Waals surface area (Å²) in [4.78, 5) is 1.17. The van der Waals surface area contributed by atoms with Crippen molar-refractivity contribution in [3.63, 3.8) is 0 Å². The number of alkyl halides is 3. The van der Waals surface area contributed by atoms with Crippen molar-refractivity contribution in [2.75, 3.05) is 12.5 Å². The van der Waals surface area contributed by atoms with E-state index in [0.717, 1.165) is 10.8 Å². The lowest BCUT2D eigenvalue weighted by molar-refractivity contribution is -0.0510. The molecular formula is C13H14F3O5S2+. The zero-order valence-electron chi connectivity index (χ0n) is 12.0. The van der Waals surface area contributed by atoms with Gasteiger partial charge < -0.3 is 10.2 Å². The van der Waals surface area contributed by atoms with E-state index in [4.69, 9.17) is 13.0 Å². The van der Waals surface area contributed by atoms with Gasteiger partial charge in [-0.05, 0) is 30.3 Å². The maximum absolute atomic E-state index is 10.7. The SMILES string of the molecule is C[S+](C)c1ccc(O)c2ccc(O)cc12.O=S(=O)(O)C(F)(F)F. The number of hydrogen-bond donors (Lipinski definition) is 3. The third-order valence-corrected chi connectivity index (χ3v) is 4.49. The van der Waals surface area contributed by atoms with Gasteiger partial charge in [-0.2, -0.15) is 21.6 Å². The summed E-state index contributed by atoms with van der Waals surface area (Å²) in [5.74, 6) is 0.499. The lowest BCUT2D eigenvalue weighted by atomic mass is 10.1. The highest BCUT2D eigenvalue weighted by Crippen LogP contribution is 2.32. The smallest absolute Gasteiger partial charge is 0.508 e. The molecule has 0 fully saturated rings. The molecule has 0 amide bonds. The molecule has 2 aromatic carbocycles. The van der Waals surface area contributed by atoms with E-state index >= 15 is 0 Å². The van der Waals surface area contributed by atoms with Gasteiger partial charge in [-0.1, -0.05) is 0 Å². The van der Waals surface area contributed by atoms with Gasteiger partial charge in [0.25, 0.3) is 0 Å². The van der Waals surface area contributed by atoms with E-state index in [1.807, 2.05) is 6.07 Å². The van der Waals surface area contributed by atoms with Crippen molar-refractivity contribution in [1.29, 1.82) is 0 Å². The predicted octanol–water partition coefficient (Wildman–Crippen LogP) is 2.88. The number of halogens is 3. The monoisotopic (exact) mass is 371 g/mol. The van der Waals surface area contributed by atoms with Crippen molar-refractivity contribution in [3.8, 4) is 11.5 Å². The number of aromatic hydroxyl groups is 2. The molecule has 10 heteroatoms. The number of phenols is 2. The summed E-state index contributed by atoms with van der Waals surface area (Å²) >= 11 is 0. The van der Waals surface area contributed by atoms with Crippen molar-refractivity contribution in [2.45, 2.75) is 10.4 Å². The van der Waals surface area contributed by atoms with Gasteiger partial charge in [-0.15, -0.1) is 0 Å². The number of phenolic OH excluding ortho intramolecular Hbond substituents is 2. The van der Waals surface area contributed by atoms with Gasteiger partial charge >= 0.3 is 15.6 Å². The van der Waals surface area contributed by atoms with Gasteiger partial charge in [0.05, 0.1) is 0 Å². The fourth-order valence-electron chi connectivity index (χ4n) is 1.65.